The van der Waals surface area contributed by atoms with Crippen LogP contribution in [0.3, 0.4) is 0 Å². The Hall–Kier alpha value is -2.43. The molecule has 3 rings (SSSR count). The third-order valence-corrected chi connectivity index (χ3v) is 5.49. The number of rotatable bonds is 6. The van der Waals surface area contributed by atoms with Crippen molar-refractivity contribution >= 4 is 17.2 Å². The first-order valence-electron chi connectivity index (χ1n) is 8.77. The molecule has 2 atom stereocenters. The van der Waals surface area contributed by atoms with Gasteiger partial charge in [0.25, 0.3) is 5.91 Å². The van der Waals surface area contributed by atoms with E-state index in [0.29, 0.717) is 0 Å². The Labute approximate surface area is 159 Å². The number of nitrogens with zero attached hydrogens (tertiary/aromatic N) is 1. The average Bonchev–Trinajstić information content (AvgIpc) is 3.18. The van der Waals surface area contributed by atoms with Crippen LogP contribution < -0.4 is 5.32 Å². The SMILES string of the molecule is Cc1ccc([C@@H]([NH2+][C@@H](C(=O)N(C)C)c2ccccc2)c2cccs2)cc1. The highest BCUT2D eigenvalue weighted by Crippen LogP contribution is 2.25. The molecule has 0 aliphatic heterocycles. The normalized spacial score (nSPS) is 13.2. The van der Waals surface area contributed by atoms with Gasteiger partial charge in [0, 0.05) is 25.2 Å². The van der Waals surface area contributed by atoms with E-state index in [0.717, 1.165) is 5.56 Å². The van der Waals surface area contributed by atoms with Gasteiger partial charge < -0.3 is 10.2 Å². The minimum Gasteiger partial charge on any atom is -0.343 e. The lowest BCUT2D eigenvalue weighted by atomic mass is 9.99. The van der Waals surface area contributed by atoms with Gasteiger partial charge in [-0.3, -0.25) is 4.79 Å². The number of benzene rings is 2. The summed E-state index contributed by atoms with van der Waals surface area (Å²) in [6, 6.07) is 22.7. The first-order valence-corrected chi connectivity index (χ1v) is 9.65. The zero-order valence-electron chi connectivity index (χ0n) is 15.4. The monoisotopic (exact) mass is 365 g/mol. The van der Waals surface area contributed by atoms with Crippen molar-refractivity contribution in [2.24, 2.45) is 0 Å². The molecule has 0 saturated carbocycles. The molecule has 4 heteroatoms. The summed E-state index contributed by atoms with van der Waals surface area (Å²) in [5, 5.41) is 4.28. The number of hydrogen-bond donors (Lipinski definition) is 1. The van der Waals surface area contributed by atoms with E-state index < -0.39 is 0 Å². The van der Waals surface area contributed by atoms with Crippen LogP contribution in [0, 0.1) is 6.92 Å². The molecule has 2 N–H and O–H groups in total. The van der Waals surface area contributed by atoms with Crippen molar-refractivity contribution in [1.82, 2.24) is 4.90 Å². The predicted octanol–water partition coefficient (Wildman–Crippen LogP) is 3.54. The number of aryl methyl sites for hydroxylation is 1. The molecule has 26 heavy (non-hydrogen) atoms. The zero-order valence-corrected chi connectivity index (χ0v) is 16.2. The molecular formula is C22H25N2OS+. The van der Waals surface area contributed by atoms with Gasteiger partial charge in [-0.1, -0.05) is 66.2 Å². The van der Waals surface area contributed by atoms with E-state index in [4.69, 9.17) is 0 Å². The van der Waals surface area contributed by atoms with Crippen LogP contribution in [-0.2, 0) is 4.79 Å². The summed E-state index contributed by atoms with van der Waals surface area (Å²) < 4.78 is 0. The smallest absolute Gasteiger partial charge is 0.285 e. The Balaban J connectivity index is 1.99. The van der Waals surface area contributed by atoms with Gasteiger partial charge in [0.2, 0.25) is 0 Å². The van der Waals surface area contributed by atoms with E-state index in [1.54, 1.807) is 16.2 Å². The fraction of sp³-hybridized carbons (Fsp3) is 0.227. The van der Waals surface area contributed by atoms with E-state index in [9.17, 15) is 4.79 Å². The van der Waals surface area contributed by atoms with Gasteiger partial charge in [-0.05, 0) is 18.4 Å². The number of hydrogen-bond acceptors (Lipinski definition) is 2. The Morgan fingerprint density at radius 2 is 1.62 bits per heavy atom. The largest absolute Gasteiger partial charge is 0.343 e. The number of quaternary nitrogens is 1. The van der Waals surface area contributed by atoms with Crippen LogP contribution in [0.1, 0.15) is 33.7 Å². The summed E-state index contributed by atoms with van der Waals surface area (Å²) in [6.07, 6.45) is 0. The van der Waals surface area contributed by atoms with E-state index >= 15 is 0 Å². The quantitative estimate of drug-likeness (QED) is 0.713. The minimum absolute atomic E-state index is 0.0877. The summed E-state index contributed by atoms with van der Waals surface area (Å²) in [7, 11) is 3.64. The molecule has 0 aliphatic carbocycles. The van der Waals surface area contributed by atoms with Gasteiger partial charge in [-0.25, -0.2) is 0 Å². The van der Waals surface area contributed by atoms with Crippen LogP contribution in [0.15, 0.2) is 72.1 Å². The van der Waals surface area contributed by atoms with Crippen LogP contribution in [0.2, 0.25) is 0 Å². The molecule has 0 saturated heterocycles. The molecule has 1 amide bonds. The first kappa shape index (κ1) is 18.4. The molecule has 3 aromatic rings. The van der Waals surface area contributed by atoms with E-state index in [-0.39, 0.29) is 18.0 Å². The number of likely N-dealkylation sites (N-methyl/N-ethyl adjacent to an activating group) is 1. The van der Waals surface area contributed by atoms with Crippen molar-refractivity contribution in [2.75, 3.05) is 14.1 Å². The van der Waals surface area contributed by atoms with Gasteiger partial charge in [0.05, 0.1) is 4.88 Å². The third-order valence-electron chi connectivity index (χ3n) is 4.54. The maximum absolute atomic E-state index is 12.9. The third kappa shape index (κ3) is 4.21. The van der Waals surface area contributed by atoms with Crippen molar-refractivity contribution in [3.8, 4) is 0 Å². The molecule has 0 aliphatic rings. The Kier molecular flexibility index (Phi) is 5.86. The van der Waals surface area contributed by atoms with E-state index in [2.05, 4.69) is 54.0 Å². The lowest BCUT2D eigenvalue weighted by Crippen LogP contribution is -2.88. The van der Waals surface area contributed by atoms with E-state index in [1.165, 1.54) is 16.0 Å². The summed E-state index contributed by atoms with van der Waals surface area (Å²) in [6.45, 7) is 2.09. The molecule has 2 aromatic carbocycles. The Morgan fingerprint density at radius 1 is 0.923 bits per heavy atom. The van der Waals surface area contributed by atoms with Gasteiger partial charge in [-0.2, -0.15) is 0 Å². The molecule has 1 aromatic heterocycles. The maximum atomic E-state index is 12.9. The second kappa shape index (κ2) is 8.30. The molecule has 0 bridgehead atoms. The molecular weight excluding hydrogens is 340 g/mol. The van der Waals surface area contributed by atoms with Crippen LogP contribution in [-0.4, -0.2) is 24.9 Å². The molecule has 0 unspecified atom stereocenters. The highest BCUT2D eigenvalue weighted by atomic mass is 32.1. The lowest BCUT2D eigenvalue weighted by Gasteiger charge is -2.24. The van der Waals surface area contributed by atoms with Crippen molar-refractivity contribution < 1.29 is 10.1 Å². The topological polar surface area (TPSA) is 36.9 Å². The fourth-order valence-corrected chi connectivity index (χ4v) is 3.91. The molecule has 0 radical (unpaired) electrons. The standard InChI is InChI=1S/C22H24N2OS/c1-16-11-13-18(14-12-16)20(19-10-7-15-26-19)23-21(22(25)24(2)3)17-8-5-4-6-9-17/h4-15,20-21,23H,1-3H3/p+1/t20-,21-/m1/s1. The number of carbonyl (C=O) groups is 1. The summed E-state index contributed by atoms with van der Waals surface area (Å²) in [4.78, 5) is 15.9. The van der Waals surface area contributed by atoms with Crippen molar-refractivity contribution in [3.05, 3.63) is 93.7 Å². The van der Waals surface area contributed by atoms with Crippen molar-refractivity contribution in [3.63, 3.8) is 0 Å². The summed E-state index contributed by atoms with van der Waals surface area (Å²) >= 11 is 1.73. The molecule has 3 nitrogen and oxygen atoms in total. The van der Waals surface area contributed by atoms with Gasteiger partial charge in [-0.15, -0.1) is 11.3 Å². The van der Waals surface area contributed by atoms with Crippen molar-refractivity contribution in [1.29, 1.82) is 0 Å². The fourth-order valence-electron chi connectivity index (χ4n) is 3.08. The highest BCUT2D eigenvalue weighted by Gasteiger charge is 2.31. The summed E-state index contributed by atoms with van der Waals surface area (Å²) in [5.41, 5.74) is 3.48. The molecule has 134 valence electrons. The highest BCUT2D eigenvalue weighted by molar-refractivity contribution is 7.10. The Bertz CT molecular complexity index is 826. The van der Waals surface area contributed by atoms with Crippen LogP contribution in [0.25, 0.3) is 0 Å². The second-order valence-electron chi connectivity index (χ2n) is 6.72. The number of nitrogens with two attached hydrogens (primary N) is 1. The predicted molar refractivity (Wildman–Crippen MR) is 107 cm³/mol. The summed E-state index contributed by atoms with van der Waals surface area (Å²) in [5.74, 6) is 0.102. The lowest BCUT2D eigenvalue weighted by molar-refractivity contribution is -0.713. The minimum atomic E-state index is -0.278. The molecule has 0 spiro atoms. The Morgan fingerprint density at radius 3 is 2.19 bits per heavy atom. The van der Waals surface area contributed by atoms with Crippen LogP contribution in [0.5, 0.6) is 0 Å². The number of amides is 1. The van der Waals surface area contributed by atoms with E-state index in [1.807, 2.05) is 44.4 Å². The maximum Gasteiger partial charge on any atom is 0.285 e. The molecule has 0 fully saturated rings. The molecule has 1 heterocycles. The van der Waals surface area contributed by atoms with Gasteiger partial charge >= 0.3 is 0 Å². The van der Waals surface area contributed by atoms with Gasteiger partial charge in [0.1, 0.15) is 6.04 Å². The average molecular weight is 366 g/mol. The van der Waals surface area contributed by atoms with Crippen LogP contribution >= 0.6 is 11.3 Å². The number of thiophene rings is 1. The second-order valence-corrected chi connectivity index (χ2v) is 7.70. The van der Waals surface area contributed by atoms with Crippen LogP contribution in [0.4, 0.5) is 0 Å². The number of carbonyl (C=O) groups excluding carboxylic acids is 1. The van der Waals surface area contributed by atoms with Crippen molar-refractivity contribution in [2.45, 2.75) is 19.0 Å². The van der Waals surface area contributed by atoms with Gasteiger partial charge in [0.15, 0.2) is 6.04 Å². The first-order chi connectivity index (χ1) is 12.6. The zero-order chi connectivity index (χ0) is 18.5.